The number of ether oxygens (including phenoxy) is 1. The molecule has 0 spiro atoms. The molecule has 1 unspecified atom stereocenters. The Hall–Kier alpha value is -1.88. The van der Waals surface area contributed by atoms with Crippen LogP contribution in [0.4, 0.5) is 5.69 Å². The predicted octanol–water partition coefficient (Wildman–Crippen LogP) is 2.86. The maximum absolute atomic E-state index is 10.8. The number of hydrogen-bond donors (Lipinski definition) is 0. The van der Waals surface area contributed by atoms with E-state index in [-0.39, 0.29) is 16.8 Å². The molecule has 1 aliphatic rings. The molecule has 3 rings (SSSR count). The summed E-state index contributed by atoms with van der Waals surface area (Å²) in [6, 6.07) is 6.87. The normalized spacial score (nSPS) is 19.9. The highest BCUT2D eigenvalue weighted by Crippen LogP contribution is 2.29. The fraction of sp³-hybridized carbons (Fsp3) is 0.333. The third-order valence-electron chi connectivity index (χ3n) is 3.13. The van der Waals surface area contributed by atoms with E-state index in [9.17, 15) is 10.1 Å². The van der Waals surface area contributed by atoms with Gasteiger partial charge in [-0.25, -0.2) is 0 Å². The molecular formula is C12H12N2O3. The first-order valence-corrected chi connectivity index (χ1v) is 5.62. The molecule has 88 valence electrons. The van der Waals surface area contributed by atoms with Gasteiger partial charge in [0.05, 0.1) is 10.4 Å². The molecule has 0 radical (unpaired) electrons. The Kier molecular flexibility index (Phi) is 2.33. The summed E-state index contributed by atoms with van der Waals surface area (Å²) in [5, 5.41) is 11.8. The van der Waals surface area contributed by atoms with Crippen molar-refractivity contribution in [3.63, 3.8) is 0 Å². The maximum atomic E-state index is 10.8. The lowest BCUT2D eigenvalue weighted by Crippen LogP contribution is -2.05. The third-order valence-corrected chi connectivity index (χ3v) is 3.13. The highest BCUT2D eigenvalue weighted by atomic mass is 16.6. The van der Waals surface area contributed by atoms with Crippen molar-refractivity contribution in [3.8, 4) is 0 Å². The Bertz CT molecular complexity index is 570. The number of nitrogens with zero attached hydrogens (tertiary/aromatic N) is 2. The first-order valence-electron chi connectivity index (χ1n) is 5.62. The van der Waals surface area contributed by atoms with Gasteiger partial charge < -0.3 is 9.30 Å². The zero-order valence-electron chi connectivity index (χ0n) is 9.20. The molecule has 1 fully saturated rings. The number of hydrogen-bond acceptors (Lipinski definition) is 3. The fourth-order valence-electron chi connectivity index (χ4n) is 2.28. The summed E-state index contributed by atoms with van der Waals surface area (Å²) in [5.74, 6) is 0. The number of aromatic nitrogens is 1. The van der Waals surface area contributed by atoms with Crippen LogP contribution in [0.1, 0.15) is 19.1 Å². The molecular weight excluding hydrogens is 220 g/mol. The molecule has 2 heterocycles. The summed E-state index contributed by atoms with van der Waals surface area (Å²) in [6.45, 7) is 0.763. The van der Waals surface area contributed by atoms with Crippen LogP contribution in [0, 0.1) is 10.1 Å². The number of nitro groups is 1. The van der Waals surface area contributed by atoms with Crippen LogP contribution in [0.15, 0.2) is 30.5 Å². The largest absolute Gasteiger partial charge is 0.358 e. The van der Waals surface area contributed by atoms with Gasteiger partial charge in [-0.15, -0.1) is 0 Å². The number of rotatable bonds is 2. The molecule has 1 aromatic carbocycles. The van der Waals surface area contributed by atoms with Gasteiger partial charge >= 0.3 is 0 Å². The van der Waals surface area contributed by atoms with Crippen molar-refractivity contribution < 1.29 is 9.66 Å². The quantitative estimate of drug-likeness (QED) is 0.591. The Morgan fingerprint density at radius 3 is 3.00 bits per heavy atom. The Morgan fingerprint density at radius 2 is 2.29 bits per heavy atom. The molecule has 1 aromatic heterocycles. The van der Waals surface area contributed by atoms with Crippen molar-refractivity contribution in [1.29, 1.82) is 0 Å². The maximum Gasteiger partial charge on any atom is 0.271 e. The van der Waals surface area contributed by atoms with Gasteiger partial charge in [-0.05, 0) is 25.0 Å². The van der Waals surface area contributed by atoms with Crippen molar-refractivity contribution in [3.05, 3.63) is 40.6 Å². The smallest absolute Gasteiger partial charge is 0.271 e. The van der Waals surface area contributed by atoms with E-state index in [1.807, 2.05) is 16.8 Å². The lowest BCUT2D eigenvalue weighted by molar-refractivity contribution is -0.384. The topological polar surface area (TPSA) is 57.3 Å². The minimum absolute atomic E-state index is 0.0227. The molecule has 2 aromatic rings. The van der Waals surface area contributed by atoms with Crippen molar-refractivity contribution in [1.82, 2.24) is 4.57 Å². The summed E-state index contributed by atoms with van der Waals surface area (Å²) in [4.78, 5) is 10.4. The van der Waals surface area contributed by atoms with Crippen LogP contribution < -0.4 is 0 Å². The summed E-state index contributed by atoms with van der Waals surface area (Å²) in [6.07, 6.45) is 3.96. The number of benzene rings is 1. The van der Waals surface area contributed by atoms with E-state index >= 15 is 0 Å². The van der Waals surface area contributed by atoms with Crippen molar-refractivity contribution >= 4 is 16.6 Å². The third kappa shape index (κ3) is 1.68. The summed E-state index contributed by atoms with van der Waals surface area (Å²) >= 11 is 0. The van der Waals surface area contributed by atoms with Crippen molar-refractivity contribution in [2.45, 2.75) is 19.1 Å². The van der Waals surface area contributed by atoms with Gasteiger partial charge in [-0.1, -0.05) is 0 Å². The second-order valence-electron chi connectivity index (χ2n) is 4.19. The second kappa shape index (κ2) is 3.85. The molecule has 0 N–H and O–H groups in total. The van der Waals surface area contributed by atoms with Gasteiger partial charge in [0, 0.05) is 30.3 Å². The first kappa shape index (κ1) is 10.3. The van der Waals surface area contributed by atoms with E-state index in [2.05, 4.69) is 0 Å². The Morgan fingerprint density at radius 1 is 1.41 bits per heavy atom. The van der Waals surface area contributed by atoms with Gasteiger partial charge in [0.1, 0.15) is 6.23 Å². The van der Waals surface area contributed by atoms with E-state index in [4.69, 9.17) is 4.74 Å². The van der Waals surface area contributed by atoms with Gasteiger partial charge in [0.2, 0.25) is 0 Å². The van der Waals surface area contributed by atoms with Crippen LogP contribution in [-0.4, -0.2) is 16.1 Å². The standard InChI is InChI=1S/C12H12N2O3/c15-14(16)10-4-3-9-5-6-13(11(9)8-10)12-2-1-7-17-12/h3-6,8,12H,1-2,7H2. The predicted molar refractivity (Wildman–Crippen MR) is 62.8 cm³/mol. The molecule has 0 aliphatic carbocycles. The lowest BCUT2D eigenvalue weighted by Gasteiger charge is -2.12. The molecule has 0 amide bonds. The van der Waals surface area contributed by atoms with Crippen LogP contribution in [-0.2, 0) is 4.74 Å². The van der Waals surface area contributed by atoms with E-state index in [1.165, 1.54) is 6.07 Å². The van der Waals surface area contributed by atoms with Gasteiger partial charge in [-0.3, -0.25) is 10.1 Å². The zero-order valence-corrected chi connectivity index (χ0v) is 9.20. The molecule has 0 bridgehead atoms. The van der Waals surface area contributed by atoms with Crippen LogP contribution in [0.3, 0.4) is 0 Å². The highest BCUT2D eigenvalue weighted by molar-refractivity contribution is 5.82. The van der Waals surface area contributed by atoms with E-state index in [1.54, 1.807) is 12.1 Å². The number of nitro benzene ring substituents is 1. The van der Waals surface area contributed by atoms with E-state index in [0.29, 0.717) is 0 Å². The molecule has 0 saturated carbocycles. The summed E-state index contributed by atoms with van der Waals surface area (Å²) in [7, 11) is 0. The minimum Gasteiger partial charge on any atom is -0.358 e. The molecule has 1 saturated heterocycles. The van der Waals surface area contributed by atoms with Crippen molar-refractivity contribution in [2.75, 3.05) is 6.61 Å². The second-order valence-corrected chi connectivity index (χ2v) is 4.19. The zero-order chi connectivity index (χ0) is 11.8. The average Bonchev–Trinajstić information content (AvgIpc) is 2.96. The van der Waals surface area contributed by atoms with E-state index < -0.39 is 0 Å². The molecule has 1 aliphatic heterocycles. The number of fused-ring (bicyclic) bond motifs is 1. The number of non-ortho nitro benzene ring substituents is 1. The van der Waals surface area contributed by atoms with Gasteiger partial charge in [-0.2, -0.15) is 0 Å². The summed E-state index contributed by atoms with van der Waals surface area (Å²) in [5.41, 5.74) is 0.988. The minimum atomic E-state index is -0.369. The molecule has 5 heteroatoms. The van der Waals surface area contributed by atoms with Crippen LogP contribution >= 0.6 is 0 Å². The molecule has 5 nitrogen and oxygen atoms in total. The Labute approximate surface area is 97.8 Å². The first-order chi connectivity index (χ1) is 8.25. The van der Waals surface area contributed by atoms with Crippen LogP contribution in [0.5, 0.6) is 0 Å². The lowest BCUT2D eigenvalue weighted by atomic mass is 10.2. The average molecular weight is 232 g/mol. The highest BCUT2D eigenvalue weighted by Gasteiger charge is 2.19. The SMILES string of the molecule is O=[N+]([O-])c1ccc2ccn(C3CCCO3)c2c1. The fourth-order valence-corrected chi connectivity index (χ4v) is 2.28. The monoisotopic (exact) mass is 232 g/mol. The van der Waals surface area contributed by atoms with Gasteiger partial charge in [0.15, 0.2) is 0 Å². The Balaban J connectivity index is 2.11. The van der Waals surface area contributed by atoms with Crippen molar-refractivity contribution in [2.24, 2.45) is 0 Å². The summed E-state index contributed by atoms with van der Waals surface area (Å²) < 4.78 is 7.58. The molecule has 17 heavy (non-hydrogen) atoms. The molecule has 1 atom stereocenters. The van der Waals surface area contributed by atoms with Crippen LogP contribution in [0.25, 0.3) is 10.9 Å². The van der Waals surface area contributed by atoms with Crippen LogP contribution in [0.2, 0.25) is 0 Å². The van der Waals surface area contributed by atoms with E-state index in [0.717, 1.165) is 30.4 Å². The van der Waals surface area contributed by atoms with Gasteiger partial charge in [0.25, 0.3) is 5.69 Å².